The molecule has 1 radical (unpaired) electrons. The molecular weight excluding hydrogens is 200 g/mol. The van der Waals surface area contributed by atoms with E-state index in [0.29, 0.717) is 0 Å². The van der Waals surface area contributed by atoms with Crippen molar-refractivity contribution in [3.05, 3.63) is 36.8 Å². The third-order valence-corrected chi connectivity index (χ3v) is 2.45. The molecule has 1 aromatic rings. The van der Waals surface area contributed by atoms with Gasteiger partial charge in [-0.15, -0.1) is 0 Å². The molecule has 0 spiro atoms. The predicted molar refractivity (Wildman–Crippen MR) is 66.7 cm³/mol. The van der Waals surface area contributed by atoms with E-state index in [9.17, 15) is 0 Å². The van der Waals surface area contributed by atoms with Crippen LogP contribution in [0, 0.1) is 6.92 Å². The lowest BCUT2D eigenvalue weighted by molar-refractivity contribution is 0.130. The van der Waals surface area contributed by atoms with Crippen molar-refractivity contribution in [2.24, 2.45) is 0 Å². The van der Waals surface area contributed by atoms with Crippen LogP contribution in [0.25, 0.3) is 0 Å². The van der Waals surface area contributed by atoms with E-state index in [4.69, 9.17) is 9.47 Å². The minimum atomic E-state index is 0.839. The van der Waals surface area contributed by atoms with Gasteiger partial charge >= 0.3 is 0 Å². The Bertz CT molecular complexity index is 267. The van der Waals surface area contributed by atoms with Crippen molar-refractivity contribution in [3.8, 4) is 5.75 Å². The topological polar surface area (TPSA) is 18.5 Å². The van der Waals surface area contributed by atoms with Crippen LogP contribution in [0.3, 0.4) is 0 Å². The second-order valence-electron chi connectivity index (χ2n) is 3.77. The molecule has 0 N–H and O–H groups in total. The van der Waals surface area contributed by atoms with Crippen LogP contribution < -0.4 is 4.74 Å². The highest BCUT2D eigenvalue weighted by atomic mass is 16.5. The molecule has 0 aliphatic heterocycles. The van der Waals surface area contributed by atoms with Crippen molar-refractivity contribution < 1.29 is 9.47 Å². The van der Waals surface area contributed by atoms with E-state index in [1.807, 2.05) is 12.1 Å². The van der Waals surface area contributed by atoms with Crippen LogP contribution in [0.2, 0.25) is 0 Å². The number of ether oxygens (including phenoxy) is 2. The maximum absolute atomic E-state index is 5.48. The van der Waals surface area contributed by atoms with E-state index < -0.39 is 0 Å². The zero-order valence-electron chi connectivity index (χ0n) is 10.1. The fourth-order valence-electron chi connectivity index (χ4n) is 1.48. The quantitative estimate of drug-likeness (QED) is 0.627. The molecule has 0 fully saturated rings. The van der Waals surface area contributed by atoms with Gasteiger partial charge in [-0.3, -0.25) is 0 Å². The molecule has 0 saturated carbocycles. The van der Waals surface area contributed by atoms with E-state index in [0.717, 1.165) is 44.6 Å². The fraction of sp³-hybridized carbons (Fsp3) is 0.500. The summed E-state index contributed by atoms with van der Waals surface area (Å²) in [6.45, 7) is 5.45. The molecule has 89 valence electrons. The summed E-state index contributed by atoms with van der Waals surface area (Å²) in [7, 11) is 1.69. The van der Waals surface area contributed by atoms with Crippen molar-refractivity contribution in [1.82, 2.24) is 0 Å². The molecule has 0 bridgehead atoms. The standard InChI is InChI=1S/C14H21O2/c1-3-4-11-16-12-5-6-13-7-9-14(15-2)10-8-13/h7-10H,1,3-6,11-12H2,2H3. The molecule has 0 heterocycles. The summed E-state index contributed by atoms with van der Waals surface area (Å²) in [6.07, 6.45) is 4.15. The first kappa shape index (κ1) is 13.0. The minimum Gasteiger partial charge on any atom is -0.497 e. The van der Waals surface area contributed by atoms with E-state index in [2.05, 4.69) is 19.1 Å². The zero-order valence-corrected chi connectivity index (χ0v) is 10.1. The third-order valence-electron chi connectivity index (χ3n) is 2.45. The minimum absolute atomic E-state index is 0.839. The average Bonchev–Trinajstić information content (AvgIpc) is 2.34. The van der Waals surface area contributed by atoms with Gasteiger partial charge in [0.25, 0.3) is 0 Å². The summed E-state index contributed by atoms with van der Waals surface area (Å²) >= 11 is 0. The Kier molecular flexibility index (Phi) is 6.66. The molecule has 1 rings (SSSR count). The highest BCUT2D eigenvalue weighted by Gasteiger charge is 1.95. The smallest absolute Gasteiger partial charge is 0.118 e. The van der Waals surface area contributed by atoms with Gasteiger partial charge in [-0.05, 0) is 37.0 Å². The first-order chi connectivity index (χ1) is 7.86. The van der Waals surface area contributed by atoms with Gasteiger partial charge in [-0.25, -0.2) is 0 Å². The maximum Gasteiger partial charge on any atom is 0.118 e. The van der Waals surface area contributed by atoms with Gasteiger partial charge in [-0.1, -0.05) is 25.5 Å². The summed E-state index contributed by atoms with van der Waals surface area (Å²) in [6, 6.07) is 8.21. The Morgan fingerprint density at radius 3 is 2.38 bits per heavy atom. The fourth-order valence-corrected chi connectivity index (χ4v) is 1.48. The maximum atomic E-state index is 5.48. The summed E-state index contributed by atoms with van der Waals surface area (Å²) in [5.74, 6) is 0.912. The second kappa shape index (κ2) is 8.17. The lowest BCUT2D eigenvalue weighted by Gasteiger charge is -2.04. The number of methoxy groups -OCH3 is 1. The average molecular weight is 221 g/mol. The molecule has 0 aliphatic rings. The van der Waals surface area contributed by atoms with E-state index in [1.54, 1.807) is 7.11 Å². The van der Waals surface area contributed by atoms with Crippen molar-refractivity contribution >= 4 is 0 Å². The highest BCUT2D eigenvalue weighted by Crippen LogP contribution is 2.12. The number of benzene rings is 1. The van der Waals surface area contributed by atoms with Gasteiger partial charge in [-0.2, -0.15) is 0 Å². The highest BCUT2D eigenvalue weighted by molar-refractivity contribution is 5.27. The zero-order chi connectivity index (χ0) is 11.6. The molecule has 0 aromatic heterocycles. The second-order valence-corrected chi connectivity index (χ2v) is 3.77. The van der Waals surface area contributed by atoms with Crippen LogP contribution >= 0.6 is 0 Å². The molecule has 0 saturated heterocycles. The Hall–Kier alpha value is -1.02. The van der Waals surface area contributed by atoms with Crippen molar-refractivity contribution in [2.75, 3.05) is 20.3 Å². The van der Waals surface area contributed by atoms with Gasteiger partial charge in [0.1, 0.15) is 5.75 Å². The van der Waals surface area contributed by atoms with Gasteiger partial charge < -0.3 is 9.47 Å². The van der Waals surface area contributed by atoms with E-state index >= 15 is 0 Å². The number of hydrogen-bond acceptors (Lipinski definition) is 2. The van der Waals surface area contributed by atoms with Crippen LogP contribution in [0.4, 0.5) is 0 Å². The Labute approximate surface area is 98.6 Å². The lowest BCUT2D eigenvalue weighted by atomic mass is 10.1. The van der Waals surface area contributed by atoms with Crippen LogP contribution in [0.1, 0.15) is 24.8 Å². The van der Waals surface area contributed by atoms with Crippen LogP contribution in [-0.2, 0) is 11.2 Å². The van der Waals surface area contributed by atoms with Crippen LogP contribution in [0.15, 0.2) is 24.3 Å². The normalized spacial score (nSPS) is 10.4. The SMILES string of the molecule is [CH2]CCCOCCCc1ccc(OC)cc1. The molecular formula is C14H21O2. The molecule has 1 aromatic carbocycles. The van der Waals surface area contributed by atoms with Crippen LogP contribution in [0.5, 0.6) is 5.75 Å². The van der Waals surface area contributed by atoms with Gasteiger partial charge in [0.2, 0.25) is 0 Å². The van der Waals surface area contributed by atoms with Gasteiger partial charge in [0.15, 0.2) is 0 Å². The first-order valence-electron chi connectivity index (χ1n) is 5.86. The van der Waals surface area contributed by atoms with E-state index in [1.165, 1.54) is 5.56 Å². The number of rotatable bonds is 8. The molecule has 0 atom stereocenters. The molecule has 16 heavy (non-hydrogen) atoms. The summed E-state index contributed by atoms with van der Waals surface area (Å²) in [5, 5.41) is 0. The number of unbranched alkanes of at least 4 members (excludes halogenated alkanes) is 1. The molecule has 2 nitrogen and oxygen atoms in total. The lowest BCUT2D eigenvalue weighted by Crippen LogP contribution is -1.98. The van der Waals surface area contributed by atoms with Crippen molar-refractivity contribution in [3.63, 3.8) is 0 Å². The Morgan fingerprint density at radius 2 is 1.75 bits per heavy atom. The Morgan fingerprint density at radius 1 is 1.06 bits per heavy atom. The van der Waals surface area contributed by atoms with Crippen molar-refractivity contribution in [2.45, 2.75) is 25.7 Å². The monoisotopic (exact) mass is 221 g/mol. The van der Waals surface area contributed by atoms with E-state index in [-0.39, 0.29) is 0 Å². The van der Waals surface area contributed by atoms with Crippen LogP contribution in [-0.4, -0.2) is 20.3 Å². The number of aryl methyl sites for hydroxylation is 1. The summed E-state index contributed by atoms with van der Waals surface area (Å²) in [4.78, 5) is 0. The van der Waals surface area contributed by atoms with Gasteiger partial charge in [0.05, 0.1) is 7.11 Å². The van der Waals surface area contributed by atoms with Crippen molar-refractivity contribution in [1.29, 1.82) is 0 Å². The molecule has 2 heteroatoms. The largest absolute Gasteiger partial charge is 0.497 e. The Balaban J connectivity index is 2.12. The third kappa shape index (κ3) is 5.17. The number of hydrogen-bond donors (Lipinski definition) is 0. The van der Waals surface area contributed by atoms with Gasteiger partial charge in [0, 0.05) is 13.2 Å². The summed E-state index contributed by atoms with van der Waals surface area (Å²) < 4.78 is 10.6. The molecule has 0 amide bonds. The first-order valence-corrected chi connectivity index (χ1v) is 5.86. The predicted octanol–water partition coefficient (Wildman–Crippen LogP) is 3.26. The molecule has 0 aliphatic carbocycles. The molecule has 0 unspecified atom stereocenters. The summed E-state index contributed by atoms with van der Waals surface area (Å²) in [5.41, 5.74) is 1.33.